The van der Waals surface area contributed by atoms with E-state index in [-0.39, 0.29) is 6.61 Å². The first-order valence-electron chi connectivity index (χ1n) is 5.83. The summed E-state index contributed by atoms with van der Waals surface area (Å²) in [6.07, 6.45) is 0. The van der Waals surface area contributed by atoms with Gasteiger partial charge in [0.1, 0.15) is 5.75 Å². The quantitative estimate of drug-likeness (QED) is 0.728. The van der Waals surface area contributed by atoms with Crippen LogP contribution in [0.25, 0.3) is 10.8 Å². The number of rotatable bonds is 4. The summed E-state index contributed by atoms with van der Waals surface area (Å²) in [6.45, 7) is 0.212. The van der Waals surface area contributed by atoms with Crippen molar-refractivity contribution in [2.75, 3.05) is 0 Å². The SMILES string of the molecule is NC(=O)c1[c]ccc2cc(OCc3nn[nH]n3)ccc12. The number of H-pyrrole nitrogens is 1. The highest BCUT2D eigenvalue weighted by Gasteiger charge is 2.07. The normalized spacial score (nSPS) is 10.6. The summed E-state index contributed by atoms with van der Waals surface area (Å²) in [5.41, 5.74) is 5.68. The Balaban J connectivity index is 1.89. The number of nitrogens with two attached hydrogens (primary N) is 1. The van der Waals surface area contributed by atoms with Gasteiger partial charge in [-0.15, -0.1) is 10.2 Å². The number of nitrogens with one attached hydrogen (secondary N) is 1. The van der Waals surface area contributed by atoms with Gasteiger partial charge in [0.25, 0.3) is 0 Å². The standard InChI is InChI=1S/C13H10N5O2/c14-13(19)11-3-1-2-8-6-9(4-5-10(8)11)20-7-12-15-17-18-16-12/h1-2,4-6H,7H2,(H2,14,19)(H,15,16,17,18). The number of hydrogen-bond acceptors (Lipinski definition) is 5. The molecule has 0 saturated heterocycles. The van der Waals surface area contributed by atoms with Crippen LogP contribution in [0.1, 0.15) is 16.2 Å². The van der Waals surface area contributed by atoms with Crippen LogP contribution in [0.15, 0.2) is 30.3 Å². The van der Waals surface area contributed by atoms with Crippen LogP contribution >= 0.6 is 0 Å². The lowest BCUT2D eigenvalue weighted by molar-refractivity contribution is 0.100. The molecule has 1 amide bonds. The number of hydrogen-bond donors (Lipinski definition) is 2. The summed E-state index contributed by atoms with van der Waals surface area (Å²) in [4.78, 5) is 11.3. The highest BCUT2D eigenvalue weighted by molar-refractivity contribution is 6.06. The van der Waals surface area contributed by atoms with Crippen LogP contribution in [-0.4, -0.2) is 26.5 Å². The van der Waals surface area contributed by atoms with Crippen molar-refractivity contribution in [3.8, 4) is 5.75 Å². The van der Waals surface area contributed by atoms with Crippen molar-refractivity contribution >= 4 is 16.7 Å². The number of aromatic amines is 1. The van der Waals surface area contributed by atoms with Gasteiger partial charge in [0.2, 0.25) is 11.7 Å². The monoisotopic (exact) mass is 268 g/mol. The summed E-state index contributed by atoms with van der Waals surface area (Å²) in [6, 6.07) is 11.7. The van der Waals surface area contributed by atoms with E-state index in [1.807, 2.05) is 12.1 Å². The van der Waals surface area contributed by atoms with Crippen molar-refractivity contribution in [3.05, 3.63) is 47.8 Å². The number of nitrogens with zero attached hydrogens (tertiary/aromatic N) is 3. The molecule has 3 N–H and O–H groups in total. The number of aromatic nitrogens is 4. The highest BCUT2D eigenvalue weighted by atomic mass is 16.5. The lowest BCUT2D eigenvalue weighted by Crippen LogP contribution is -2.11. The van der Waals surface area contributed by atoms with Gasteiger partial charge in [0.15, 0.2) is 6.61 Å². The van der Waals surface area contributed by atoms with Crippen molar-refractivity contribution in [1.29, 1.82) is 0 Å². The molecule has 0 aliphatic rings. The number of carbonyl (C=O) groups is 1. The topological polar surface area (TPSA) is 107 Å². The number of benzene rings is 2. The maximum atomic E-state index is 11.3. The van der Waals surface area contributed by atoms with Gasteiger partial charge in [-0.05, 0) is 35.0 Å². The predicted molar refractivity (Wildman–Crippen MR) is 69.8 cm³/mol. The molecule has 0 spiro atoms. The molecule has 0 unspecified atom stereocenters. The van der Waals surface area contributed by atoms with E-state index in [9.17, 15) is 4.79 Å². The second-order valence-electron chi connectivity index (χ2n) is 4.08. The predicted octanol–water partition coefficient (Wildman–Crippen LogP) is 0.831. The Morgan fingerprint density at radius 3 is 3.05 bits per heavy atom. The fourth-order valence-electron chi connectivity index (χ4n) is 1.88. The molecule has 0 aliphatic carbocycles. The molecule has 0 aliphatic heterocycles. The third-order valence-electron chi connectivity index (χ3n) is 2.79. The number of carbonyl (C=O) groups excluding carboxylic acids is 1. The van der Waals surface area contributed by atoms with E-state index in [0.29, 0.717) is 17.1 Å². The molecule has 99 valence electrons. The Hall–Kier alpha value is -2.96. The first-order valence-corrected chi connectivity index (χ1v) is 5.83. The Kier molecular flexibility index (Phi) is 3.00. The van der Waals surface area contributed by atoms with Crippen molar-refractivity contribution < 1.29 is 9.53 Å². The minimum atomic E-state index is -0.504. The fourth-order valence-corrected chi connectivity index (χ4v) is 1.88. The molecule has 0 bridgehead atoms. The van der Waals surface area contributed by atoms with E-state index in [4.69, 9.17) is 10.5 Å². The minimum Gasteiger partial charge on any atom is -0.485 e. The molecule has 3 rings (SSSR count). The van der Waals surface area contributed by atoms with Gasteiger partial charge in [0.05, 0.1) is 5.56 Å². The van der Waals surface area contributed by atoms with Crippen LogP contribution in [0.5, 0.6) is 5.75 Å². The number of amides is 1. The molecule has 0 fully saturated rings. The minimum absolute atomic E-state index is 0.212. The van der Waals surface area contributed by atoms with Crippen LogP contribution in [0.3, 0.4) is 0 Å². The molecule has 1 radical (unpaired) electrons. The number of tetrazole rings is 1. The molecule has 1 heterocycles. The van der Waals surface area contributed by atoms with Crippen LogP contribution < -0.4 is 10.5 Å². The van der Waals surface area contributed by atoms with E-state index >= 15 is 0 Å². The lowest BCUT2D eigenvalue weighted by atomic mass is 10.0. The second-order valence-corrected chi connectivity index (χ2v) is 4.08. The maximum Gasteiger partial charge on any atom is 0.249 e. The third-order valence-corrected chi connectivity index (χ3v) is 2.79. The van der Waals surface area contributed by atoms with Gasteiger partial charge >= 0.3 is 0 Å². The molecular weight excluding hydrogens is 258 g/mol. The van der Waals surface area contributed by atoms with E-state index < -0.39 is 5.91 Å². The first-order chi connectivity index (χ1) is 9.74. The Labute approximate surface area is 113 Å². The summed E-state index contributed by atoms with van der Waals surface area (Å²) >= 11 is 0. The molecule has 3 aromatic rings. The Morgan fingerprint density at radius 1 is 1.40 bits per heavy atom. The average molecular weight is 268 g/mol. The largest absolute Gasteiger partial charge is 0.485 e. The van der Waals surface area contributed by atoms with Crippen molar-refractivity contribution in [2.45, 2.75) is 6.61 Å². The number of fused-ring (bicyclic) bond motifs is 1. The molecular formula is C13H10N5O2. The molecule has 1 aromatic heterocycles. The van der Waals surface area contributed by atoms with Crippen LogP contribution in [0.4, 0.5) is 0 Å². The van der Waals surface area contributed by atoms with E-state index in [1.54, 1.807) is 18.2 Å². The lowest BCUT2D eigenvalue weighted by Gasteiger charge is -2.07. The third kappa shape index (κ3) is 2.28. The van der Waals surface area contributed by atoms with Gasteiger partial charge in [0, 0.05) is 0 Å². The Bertz CT molecular complexity index is 755. The van der Waals surface area contributed by atoms with Gasteiger partial charge in [-0.25, -0.2) is 0 Å². The maximum absolute atomic E-state index is 11.3. The fraction of sp³-hybridized carbons (Fsp3) is 0.0769. The van der Waals surface area contributed by atoms with E-state index in [0.717, 1.165) is 10.8 Å². The Morgan fingerprint density at radius 2 is 2.30 bits per heavy atom. The highest BCUT2D eigenvalue weighted by Crippen LogP contribution is 2.23. The van der Waals surface area contributed by atoms with Gasteiger partial charge < -0.3 is 10.5 Å². The van der Waals surface area contributed by atoms with Crippen molar-refractivity contribution in [1.82, 2.24) is 20.6 Å². The molecule has 7 heteroatoms. The van der Waals surface area contributed by atoms with Crippen LogP contribution in [0.2, 0.25) is 0 Å². The molecule has 2 aromatic carbocycles. The molecule has 0 saturated carbocycles. The zero-order valence-corrected chi connectivity index (χ0v) is 10.3. The van der Waals surface area contributed by atoms with Gasteiger partial charge in [-0.1, -0.05) is 17.3 Å². The summed E-state index contributed by atoms with van der Waals surface area (Å²) < 4.78 is 5.55. The van der Waals surface area contributed by atoms with Crippen molar-refractivity contribution in [2.24, 2.45) is 5.73 Å². The van der Waals surface area contributed by atoms with Gasteiger partial charge in [-0.2, -0.15) is 5.21 Å². The van der Waals surface area contributed by atoms with E-state index in [2.05, 4.69) is 26.7 Å². The summed E-state index contributed by atoms with van der Waals surface area (Å²) in [7, 11) is 0. The summed E-state index contributed by atoms with van der Waals surface area (Å²) in [5.74, 6) is 0.601. The number of primary amides is 1. The zero-order chi connectivity index (χ0) is 13.9. The van der Waals surface area contributed by atoms with Crippen molar-refractivity contribution in [3.63, 3.8) is 0 Å². The van der Waals surface area contributed by atoms with Crippen LogP contribution in [0, 0.1) is 6.07 Å². The second kappa shape index (κ2) is 4.96. The first kappa shape index (κ1) is 12.1. The zero-order valence-electron chi connectivity index (χ0n) is 10.3. The average Bonchev–Trinajstić information content (AvgIpc) is 2.97. The smallest absolute Gasteiger partial charge is 0.249 e. The molecule has 7 nitrogen and oxygen atoms in total. The van der Waals surface area contributed by atoms with Crippen LogP contribution in [-0.2, 0) is 6.61 Å². The van der Waals surface area contributed by atoms with E-state index in [1.165, 1.54) is 0 Å². The molecule has 0 atom stereocenters. The molecule has 20 heavy (non-hydrogen) atoms. The number of ether oxygens (including phenoxy) is 1. The van der Waals surface area contributed by atoms with Gasteiger partial charge in [-0.3, -0.25) is 4.79 Å². The summed E-state index contributed by atoms with van der Waals surface area (Å²) in [5, 5.41) is 15.0.